The number of rotatable bonds is 4. The van der Waals surface area contributed by atoms with Gasteiger partial charge in [-0.05, 0) is 37.1 Å². The molecule has 3 N–H and O–H groups in total. The minimum atomic E-state index is -0.191. The molecule has 1 aliphatic heterocycles. The lowest BCUT2D eigenvalue weighted by atomic mass is 9.96. The first kappa shape index (κ1) is 16.3. The van der Waals surface area contributed by atoms with E-state index in [4.69, 9.17) is 5.73 Å². The van der Waals surface area contributed by atoms with Crippen molar-refractivity contribution in [2.45, 2.75) is 12.8 Å². The number of nitrogens with one attached hydrogen (secondary N) is 1. The minimum Gasteiger partial charge on any atom is -0.371 e. The van der Waals surface area contributed by atoms with Crippen LogP contribution in [0.4, 0.5) is 17.2 Å². The maximum atomic E-state index is 11.3. The van der Waals surface area contributed by atoms with Crippen molar-refractivity contribution in [1.29, 1.82) is 0 Å². The SMILES string of the molecule is NC(=O)C1CCN(c2cccc(Nc3nccc4nccnc34)c2)CC1. The number of fused-ring (bicyclic) bond motifs is 1. The van der Waals surface area contributed by atoms with Gasteiger partial charge < -0.3 is 16.0 Å². The normalized spacial score (nSPS) is 15.2. The van der Waals surface area contributed by atoms with Crippen molar-refractivity contribution in [1.82, 2.24) is 15.0 Å². The van der Waals surface area contributed by atoms with E-state index >= 15 is 0 Å². The summed E-state index contributed by atoms with van der Waals surface area (Å²) in [5, 5.41) is 3.34. The molecule has 0 radical (unpaired) electrons. The zero-order valence-corrected chi connectivity index (χ0v) is 14.3. The maximum Gasteiger partial charge on any atom is 0.220 e. The number of nitrogens with zero attached hydrogens (tertiary/aromatic N) is 4. The molecule has 3 aromatic rings. The molecule has 3 heterocycles. The molecular weight excluding hydrogens is 328 g/mol. The van der Waals surface area contributed by atoms with Gasteiger partial charge in [-0.1, -0.05) is 6.07 Å². The molecule has 7 heteroatoms. The quantitative estimate of drug-likeness (QED) is 0.752. The largest absolute Gasteiger partial charge is 0.371 e. The highest BCUT2D eigenvalue weighted by atomic mass is 16.1. The third-order valence-corrected chi connectivity index (χ3v) is 4.76. The fourth-order valence-electron chi connectivity index (χ4n) is 3.33. The Morgan fingerprint density at radius 2 is 1.88 bits per heavy atom. The van der Waals surface area contributed by atoms with Gasteiger partial charge in [0.1, 0.15) is 5.52 Å². The lowest BCUT2D eigenvalue weighted by Crippen LogP contribution is -2.38. The van der Waals surface area contributed by atoms with E-state index in [-0.39, 0.29) is 11.8 Å². The van der Waals surface area contributed by atoms with Crippen LogP contribution >= 0.6 is 0 Å². The average Bonchev–Trinajstić information content (AvgIpc) is 2.69. The third-order valence-electron chi connectivity index (χ3n) is 4.76. The molecule has 2 aromatic heterocycles. The number of pyridine rings is 1. The molecule has 0 saturated carbocycles. The van der Waals surface area contributed by atoms with E-state index in [9.17, 15) is 4.79 Å². The molecule has 1 fully saturated rings. The van der Waals surface area contributed by atoms with Gasteiger partial charge in [-0.15, -0.1) is 0 Å². The summed E-state index contributed by atoms with van der Waals surface area (Å²) in [5.74, 6) is 0.481. The van der Waals surface area contributed by atoms with Crippen LogP contribution in [-0.4, -0.2) is 33.9 Å². The van der Waals surface area contributed by atoms with Gasteiger partial charge in [0, 0.05) is 49.0 Å². The zero-order chi connectivity index (χ0) is 17.9. The third kappa shape index (κ3) is 3.28. The summed E-state index contributed by atoms with van der Waals surface area (Å²) in [6.07, 6.45) is 6.65. The van der Waals surface area contributed by atoms with Gasteiger partial charge in [-0.25, -0.2) is 9.97 Å². The van der Waals surface area contributed by atoms with E-state index in [1.807, 2.05) is 18.2 Å². The van der Waals surface area contributed by atoms with Gasteiger partial charge in [0.25, 0.3) is 0 Å². The summed E-state index contributed by atoms with van der Waals surface area (Å²) >= 11 is 0. The molecule has 7 nitrogen and oxygen atoms in total. The van der Waals surface area contributed by atoms with Crippen LogP contribution in [0.5, 0.6) is 0 Å². The summed E-state index contributed by atoms with van der Waals surface area (Å²) in [6.45, 7) is 1.66. The summed E-state index contributed by atoms with van der Waals surface area (Å²) < 4.78 is 0. The number of benzene rings is 1. The first-order chi connectivity index (χ1) is 12.7. The van der Waals surface area contributed by atoms with Gasteiger partial charge in [-0.2, -0.15) is 0 Å². The molecular formula is C19H20N6O. The number of piperidine rings is 1. The van der Waals surface area contributed by atoms with E-state index in [0.29, 0.717) is 5.82 Å². The van der Waals surface area contributed by atoms with Gasteiger partial charge in [0.05, 0.1) is 5.52 Å². The molecule has 1 amide bonds. The second-order valence-corrected chi connectivity index (χ2v) is 6.42. The number of hydrogen-bond acceptors (Lipinski definition) is 6. The number of nitrogens with two attached hydrogens (primary N) is 1. The monoisotopic (exact) mass is 348 g/mol. The van der Waals surface area contributed by atoms with Crippen LogP contribution in [0.2, 0.25) is 0 Å². The number of anilines is 3. The maximum absolute atomic E-state index is 11.3. The van der Waals surface area contributed by atoms with Gasteiger partial charge in [0.2, 0.25) is 5.91 Å². The molecule has 0 bridgehead atoms. The molecule has 0 aliphatic carbocycles. The van der Waals surface area contributed by atoms with Gasteiger partial charge in [0.15, 0.2) is 5.82 Å². The number of carbonyl (C=O) groups is 1. The Bertz CT molecular complexity index is 931. The molecule has 0 spiro atoms. The Hall–Kier alpha value is -3.22. The second-order valence-electron chi connectivity index (χ2n) is 6.42. The van der Waals surface area contributed by atoms with Crippen LogP contribution in [0, 0.1) is 5.92 Å². The second kappa shape index (κ2) is 6.95. The number of carbonyl (C=O) groups excluding carboxylic acids is 1. The van der Waals surface area contributed by atoms with E-state index in [1.165, 1.54) is 0 Å². The summed E-state index contributed by atoms with van der Waals surface area (Å²) in [5.41, 5.74) is 9.01. The van der Waals surface area contributed by atoms with Crippen molar-refractivity contribution in [2.24, 2.45) is 11.7 Å². The highest BCUT2D eigenvalue weighted by Crippen LogP contribution is 2.27. The smallest absolute Gasteiger partial charge is 0.220 e. The molecule has 26 heavy (non-hydrogen) atoms. The molecule has 0 unspecified atom stereocenters. The van der Waals surface area contributed by atoms with Gasteiger partial charge in [-0.3, -0.25) is 9.78 Å². The predicted octanol–water partition coefficient (Wildman–Crippen LogP) is 2.47. The van der Waals surface area contributed by atoms with Gasteiger partial charge >= 0.3 is 0 Å². The fourth-order valence-corrected chi connectivity index (χ4v) is 3.33. The van der Waals surface area contributed by atoms with Crippen molar-refractivity contribution in [3.63, 3.8) is 0 Å². The van der Waals surface area contributed by atoms with Crippen LogP contribution < -0.4 is 16.0 Å². The standard InChI is InChI=1S/C19H20N6O/c20-18(26)13-5-10-25(11-6-13)15-3-1-2-14(12-15)24-19-17-16(4-7-23-19)21-8-9-22-17/h1-4,7-9,12-13H,5-6,10-11H2,(H2,20,26)(H,23,24). The molecule has 1 saturated heterocycles. The number of primary amides is 1. The lowest BCUT2D eigenvalue weighted by Gasteiger charge is -2.32. The van der Waals surface area contributed by atoms with E-state index in [1.54, 1.807) is 18.6 Å². The first-order valence-corrected chi connectivity index (χ1v) is 8.68. The Morgan fingerprint density at radius 3 is 2.69 bits per heavy atom. The van der Waals surface area contributed by atoms with Crippen molar-refractivity contribution < 1.29 is 4.79 Å². The van der Waals surface area contributed by atoms with Crippen molar-refractivity contribution >= 4 is 34.1 Å². The first-order valence-electron chi connectivity index (χ1n) is 8.68. The van der Waals surface area contributed by atoms with E-state index in [0.717, 1.165) is 48.3 Å². The molecule has 1 aliphatic rings. The van der Waals surface area contributed by atoms with Crippen LogP contribution in [0.3, 0.4) is 0 Å². The van der Waals surface area contributed by atoms with Crippen LogP contribution in [-0.2, 0) is 4.79 Å². The van der Waals surface area contributed by atoms with Crippen molar-refractivity contribution in [3.8, 4) is 0 Å². The Balaban J connectivity index is 1.54. The average molecular weight is 348 g/mol. The lowest BCUT2D eigenvalue weighted by molar-refractivity contribution is -0.122. The number of aromatic nitrogens is 3. The Labute approximate surface area is 151 Å². The number of amides is 1. The van der Waals surface area contributed by atoms with Crippen LogP contribution in [0.15, 0.2) is 48.9 Å². The summed E-state index contributed by atoms with van der Waals surface area (Å²) in [4.78, 5) is 26.7. The fraction of sp³-hybridized carbons (Fsp3) is 0.263. The number of hydrogen-bond donors (Lipinski definition) is 2. The van der Waals surface area contributed by atoms with Crippen LogP contribution in [0.1, 0.15) is 12.8 Å². The zero-order valence-electron chi connectivity index (χ0n) is 14.3. The predicted molar refractivity (Wildman–Crippen MR) is 101 cm³/mol. The molecule has 0 atom stereocenters. The van der Waals surface area contributed by atoms with Crippen molar-refractivity contribution in [3.05, 3.63) is 48.9 Å². The highest BCUT2D eigenvalue weighted by Gasteiger charge is 2.23. The molecule has 132 valence electrons. The summed E-state index contributed by atoms with van der Waals surface area (Å²) in [7, 11) is 0. The van der Waals surface area contributed by atoms with Crippen LogP contribution in [0.25, 0.3) is 11.0 Å². The van der Waals surface area contributed by atoms with E-state index < -0.39 is 0 Å². The topological polar surface area (TPSA) is 97.0 Å². The van der Waals surface area contributed by atoms with Crippen molar-refractivity contribution in [2.75, 3.05) is 23.3 Å². The Morgan fingerprint density at radius 1 is 1.08 bits per heavy atom. The summed E-state index contributed by atoms with van der Waals surface area (Å²) in [6, 6.07) is 10.0. The Kier molecular flexibility index (Phi) is 4.35. The molecule has 1 aromatic carbocycles. The minimum absolute atomic E-state index is 0.00832. The molecule has 4 rings (SSSR count). The highest BCUT2D eigenvalue weighted by molar-refractivity contribution is 5.87. The van der Waals surface area contributed by atoms with E-state index in [2.05, 4.69) is 37.3 Å².